The number of rotatable bonds is 5. The highest BCUT2D eigenvalue weighted by molar-refractivity contribution is 6.03. The van der Waals surface area contributed by atoms with Gasteiger partial charge in [0.2, 0.25) is 6.41 Å². The van der Waals surface area contributed by atoms with Crippen LogP contribution >= 0.6 is 0 Å². The van der Waals surface area contributed by atoms with Crippen LogP contribution in [0.15, 0.2) is 36.5 Å². The van der Waals surface area contributed by atoms with Crippen molar-refractivity contribution in [3.05, 3.63) is 47.7 Å². The largest absolute Gasteiger partial charge is 0.383 e. The molecular weight excluding hydrogens is 244 g/mol. The van der Waals surface area contributed by atoms with Crippen molar-refractivity contribution in [2.24, 2.45) is 5.73 Å². The summed E-state index contributed by atoms with van der Waals surface area (Å²) in [6, 6.07) is 9.62. The molecule has 0 aliphatic rings. The van der Waals surface area contributed by atoms with Crippen LogP contribution in [0, 0.1) is 0 Å². The maximum absolute atomic E-state index is 11.3. The molecule has 0 aliphatic carbocycles. The Kier molecular flexibility index (Phi) is 3.51. The number of carbonyl (C=O) groups is 2. The Morgan fingerprint density at radius 2 is 2.00 bits per heavy atom. The van der Waals surface area contributed by atoms with Crippen molar-refractivity contribution in [1.29, 1.82) is 0 Å². The molecule has 98 valence electrons. The van der Waals surface area contributed by atoms with E-state index in [4.69, 9.17) is 11.5 Å². The number of nitrogens with zero attached hydrogens (tertiary/aromatic N) is 1. The van der Waals surface area contributed by atoms with E-state index in [0.29, 0.717) is 18.8 Å². The summed E-state index contributed by atoms with van der Waals surface area (Å²) >= 11 is 0. The minimum atomic E-state index is -0.636. The predicted molar refractivity (Wildman–Crippen MR) is 72.6 cm³/mol. The summed E-state index contributed by atoms with van der Waals surface area (Å²) in [5.74, 6) is -0.340. The number of amides is 2. The first-order valence-corrected chi connectivity index (χ1v) is 5.66. The Balaban J connectivity index is 2.39. The fourth-order valence-electron chi connectivity index (χ4n) is 1.88. The van der Waals surface area contributed by atoms with Crippen LogP contribution in [0.3, 0.4) is 0 Å². The topological polar surface area (TPSA) is 103 Å². The minimum absolute atomic E-state index is 0.195. The molecule has 1 aromatic heterocycles. The summed E-state index contributed by atoms with van der Waals surface area (Å²) in [5.41, 5.74) is 12.6. The number of aromatic nitrogens is 1. The molecule has 0 bridgehead atoms. The number of primary amides is 1. The fourth-order valence-corrected chi connectivity index (χ4v) is 1.88. The number of anilines is 2. The number of hydrogen-bond donors (Lipinski definition) is 3. The normalized spacial score (nSPS) is 10.1. The monoisotopic (exact) mass is 258 g/mol. The van der Waals surface area contributed by atoms with Crippen LogP contribution in [0.25, 0.3) is 0 Å². The predicted octanol–water partition coefficient (Wildman–Crippen LogP) is 0.786. The molecule has 19 heavy (non-hydrogen) atoms. The standard InChI is InChI=1S/C13H14N4O2/c14-12-11(16-8-18)10(13(15)19)7-17(12)6-9-4-2-1-3-5-9/h1-5,7-8H,6,14H2,(H2,15,19)(H,16,18). The zero-order valence-corrected chi connectivity index (χ0v) is 10.2. The van der Waals surface area contributed by atoms with Crippen LogP contribution in [0.4, 0.5) is 11.5 Å². The number of hydrogen-bond acceptors (Lipinski definition) is 3. The highest BCUT2D eigenvalue weighted by atomic mass is 16.1. The third-order valence-corrected chi connectivity index (χ3v) is 2.78. The number of nitrogens with two attached hydrogens (primary N) is 2. The van der Waals surface area contributed by atoms with Crippen LogP contribution in [0.2, 0.25) is 0 Å². The lowest BCUT2D eigenvalue weighted by atomic mass is 10.2. The second-order valence-electron chi connectivity index (χ2n) is 4.04. The Hall–Kier alpha value is -2.76. The van der Waals surface area contributed by atoms with E-state index >= 15 is 0 Å². The van der Waals surface area contributed by atoms with Crippen molar-refractivity contribution in [3.63, 3.8) is 0 Å². The number of nitrogens with one attached hydrogen (secondary N) is 1. The van der Waals surface area contributed by atoms with E-state index in [1.54, 1.807) is 4.57 Å². The van der Waals surface area contributed by atoms with Crippen molar-refractivity contribution in [2.75, 3.05) is 11.1 Å². The molecule has 1 aromatic carbocycles. The molecule has 2 aromatic rings. The van der Waals surface area contributed by atoms with Crippen molar-refractivity contribution in [3.8, 4) is 0 Å². The van der Waals surface area contributed by atoms with Gasteiger partial charge in [-0.05, 0) is 5.56 Å². The van der Waals surface area contributed by atoms with Crippen LogP contribution < -0.4 is 16.8 Å². The Morgan fingerprint density at radius 3 is 2.58 bits per heavy atom. The second-order valence-corrected chi connectivity index (χ2v) is 4.04. The van der Waals surface area contributed by atoms with Gasteiger partial charge in [-0.3, -0.25) is 9.59 Å². The van der Waals surface area contributed by atoms with Gasteiger partial charge in [0.1, 0.15) is 5.82 Å². The van der Waals surface area contributed by atoms with E-state index in [0.717, 1.165) is 5.56 Å². The van der Waals surface area contributed by atoms with E-state index in [9.17, 15) is 9.59 Å². The van der Waals surface area contributed by atoms with Gasteiger partial charge in [0, 0.05) is 12.7 Å². The number of carbonyl (C=O) groups excluding carboxylic acids is 2. The lowest BCUT2D eigenvalue weighted by Crippen LogP contribution is -2.12. The van der Waals surface area contributed by atoms with Crippen molar-refractivity contribution >= 4 is 23.8 Å². The lowest BCUT2D eigenvalue weighted by Gasteiger charge is -2.06. The van der Waals surface area contributed by atoms with Gasteiger partial charge in [0.05, 0.1) is 11.3 Å². The van der Waals surface area contributed by atoms with Crippen molar-refractivity contribution in [1.82, 2.24) is 4.57 Å². The fraction of sp³-hybridized carbons (Fsp3) is 0.0769. The summed E-state index contributed by atoms with van der Waals surface area (Å²) in [6.07, 6.45) is 2.00. The summed E-state index contributed by atoms with van der Waals surface area (Å²) in [4.78, 5) is 21.9. The molecule has 2 amide bonds. The molecule has 0 saturated heterocycles. The summed E-state index contributed by atoms with van der Waals surface area (Å²) in [7, 11) is 0. The second kappa shape index (κ2) is 5.26. The molecule has 6 heteroatoms. The van der Waals surface area contributed by atoms with Crippen LogP contribution in [-0.4, -0.2) is 16.9 Å². The quantitative estimate of drug-likeness (QED) is 0.690. The average molecular weight is 258 g/mol. The van der Waals surface area contributed by atoms with Crippen LogP contribution in [0.1, 0.15) is 15.9 Å². The van der Waals surface area contributed by atoms with E-state index in [-0.39, 0.29) is 11.3 Å². The van der Waals surface area contributed by atoms with Gasteiger partial charge in [-0.2, -0.15) is 0 Å². The van der Waals surface area contributed by atoms with E-state index in [1.165, 1.54) is 6.20 Å². The summed E-state index contributed by atoms with van der Waals surface area (Å²) in [6.45, 7) is 0.494. The van der Waals surface area contributed by atoms with Gasteiger partial charge >= 0.3 is 0 Å². The first-order chi connectivity index (χ1) is 9.13. The third-order valence-electron chi connectivity index (χ3n) is 2.78. The Morgan fingerprint density at radius 1 is 1.32 bits per heavy atom. The molecule has 0 aliphatic heterocycles. The Labute approximate surface area is 110 Å². The van der Waals surface area contributed by atoms with Gasteiger partial charge in [-0.25, -0.2) is 0 Å². The number of nitrogen functional groups attached to an aromatic ring is 1. The first kappa shape index (κ1) is 12.7. The van der Waals surface area contributed by atoms with E-state index in [2.05, 4.69) is 5.32 Å². The highest BCUT2D eigenvalue weighted by Gasteiger charge is 2.17. The molecule has 0 spiro atoms. The smallest absolute Gasteiger partial charge is 0.252 e. The third kappa shape index (κ3) is 2.57. The summed E-state index contributed by atoms with van der Waals surface area (Å²) < 4.78 is 1.67. The lowest BCUT2D eigenvalue weighted by molar-refractivity contribution is -0.105. The van der Waals surface area contributed by atoms with Crippen LogP contribution in [-0.2, 0) is 11.3 Å². The molecule has 0 unspecified atom stereocenters. The Bertz CT molecular complexity index is 605. The SMILES string of the molecule is NC(=O)c1cn(Cc2ccccc2)c(N)c1NC=O. The molecule has 2 rings (SSSR count). The zero-order chi connectivity index (χ0) is 13.8. The molecular formula is C13H14N4O2. The minimum Gasteiger partial charge on any atom is -0.383 e. The zero-order valence-electron chi connectivity index (χ0n) is 10.2. The van der Waals surface area contributed by atoms with E-state index in [1.807, 2.05) is 30.3 Å². The summed E-state index contributed by atoms with van der Waals surface area (Å²) in [5, 5.41) is 2.40. The molecule has 0 saturated carbocycles. The van der Waals surface area contributed by atoms with Gasteiger partial charge in [0.25, 0.3) is 5.91 Å². The molecule has 1 heterocycles. The van der Waals surface area contributed by atoms with Crippen molar-refractivity contribution in [2.45, 2.75) is 6.54 Å². The molecule has 0 atom stereocenters. The van der Waals surface area contributed by atoms with Gasteiger partial charge in [-0.1, -0.05) is 30.3 Å². The van der Waals surface area contributed by atoms with Gasteiger partial charge < -0.3 is 21.4 Å². The molecule has 0 radical (unpaired) electrons. The first-order valence-electron chi connectivity index (χ1n) is 5.66. The number of benzene rings is 1. The molecule has 6 nitrogen and oxygen atoms in total. The van der Waals surface area contributed by atoms with Gasteiger partial charge in [0.15, 0.2) is 0 Å². The highest BCUT2D eigenvalue weighted by Crippen LogP contribution is 2.26. The maximum Gasteiger partial charge on any atom is 0.252 e. The average Bonchev–Trinajstić information content (AvgIpc) is 2.70. The van der Waals surface area contributed by atoms with Gasteiger partial charge in [-0.15, -0.1) is 0 Å². The van der Waals surface area contributed by atoms with E-state index < -0.39 is 5.91 Å². The van der Waals surface area contributed by atoms with Crippen molar-refractivity contribution < 1.29 is 9.59 Å². The maximum atomic E-state index is 11.3. The molecule has 5 N–H and O–H groups in total. The van der Waals surface area contributed by atoms with Crippen LogP contribution in [0.5, 0.6) is 0 Å². The molecule has 0 fully saturated rings.